The van der Waals surface area contributed by atoms with E-state index >= 15 is 0 Å². The highest BCUT2D eigenvalue weighted by Crippen LogP contribution is 2.52. The quantitative estimate of drug-likeness (QED) is 0.565. The van der Waals surface area contributed by atoms with E-state index < -0.39 is 45.8 Å². The van der Waals surface area contributed by atoms with Crippen LogP contribution in [0.15, 0.2) is 0 Å². The first-order chi connectivity index (χ1) is 9.54. The van der Waals surface area contributed by atoms with Crippen LogP contribution in [0.2, 0.25) is 0 Å². The lowest BCUT2D eigenvalue weighted by Crippen LogP contribution is -2.39. The molecular weight excluding hydrogens is 314 g/mol. The van der Waals surface area contributed by atoms with Crippen molar-refractivity contribution in [2.24, 2.45) is 23.7 Å². The summed E-state index contributed by atoms with van der Waals surface area (Å²) < 4.78 is 59.4. The Kier molecular flexibility index (Phi) is 3.96. The fraction of sp³-hybridized carbons (Fsp3) is 0.818. The highest BCUT2D eigenvalue weighted by molar-refractivity contribution is 7.86. The highest BCUT2D eigenvalue weighted by atomic mass is 32.2. The van der Waals surface area contributed by atoms with Gasteiger partial charge in [-0.3, -0.25) is 14.1 Å². The number of alkyl halides is 2. The summed E-state index contributed by atoms with van der Waals surface area (Å²) in [5, 5.41) is 4.51. The summed E-state index contributed by atoms with van der Waals surface area (Å²) in [6.07, 6.45) is 1.79. The van der Waals surface area contributed by atoms with Crippen molar-refractivity contribution in [2.45, 2.75) is 24.5 Å². The SMILES string of the molecule is O=C(O)C1C2CCC(C2)C1C(=O)OCC(F)(F)S(=O)(=O)O. The molecule has 0 aromatic carbocycles. The lowest BCUT2D eigenvalue weighted by Gasteiger charge is -2.26. The number of hydrogen-bond acceptors (Lipinski definition) is 5. The van der Waals surface area contributed by atoms with E-state index in [1.807, 2.05) is 0 Å². The first kappa shape index (κ1) is 16.1. The summed E-state index contributed by atoms with van der Waals surface area (Å²) >= 11 is 0. The van der Waals surface area contributed by atoms with Gasteiger partial charge in [0.15, 0.2) is 6.61 Å². The molecule has 2 fully saturated rings. The number of carboxylic acid groups (broad SMARTS) is 1. The van der Waals surface area contributed by atoms with Gasteiger partial charge in [0, 0.05) is 0 Å². The summed E-state index contributed by atoms with van der Waals surface area (Å²) in [6, 6.07) is 0. The fourth-order valence-corrected chi connectivity index (χ4v) is 3.52. The molecule has 2 N–H and O–H groups in total. The zero-order chi connectivity index (χ0) is 16.0. The summed E-state index contributed by atoms with van der Waals surface area (Å²) in [7, 11) is -5.69. The standard InChI is InChI=1S/C11H14F2O7S/c12-11(13,21(17,18)19)4-20-10(16)8-6-2-1-5(3-6)7(8)9(14)15/h5-8H,1-4H2,(H,14,15)(H,17,18,19). The number of carbonyl (C=O) groups excluding carboxylic acids is 1. The van der Waals surface area contributed by atoms with Gasteiger partial charge >= 0.3 is 27.3 Å². The van der Waals surface area contributed by atoms with Crippen LogP contribution in [-0.2, 0) is 24.4 Å². The number of hydrogen-bond donors (Lipinski definition) is 2. The van der Waals surface area contributed by atoms with Crippen molar-refractivity contribution in [3.05, 3.63) is 0 Å². The lowest BCUT2D eigenvalue weighted by molar-refractivity contribution is -0.164. The molecular formula is C11H14F2O7S. The minimum atomic E-state index is -5.69. The Morgan fingerprint density at radius 2 is 1.71 bits per heavy atom. The van der Waals surface area contributed by atoms with Crippen molar-refractivity contribution in [3.63, 3.8) is 0 Å². The molecule has 2 bridgehead atoms. The van der Waals surface area contributed by atoms with E-state index in [2.05, 4.69) is 4.74 Å². The van der Waals surface area contributed by atoms with Gasteiger partial charge in [0.2, 0.25) is 0 Å². The van der Waals surface area contributed by atoms with Gasteiger partial charge in [0.25, 0.3) is 0 Å². The number of fused-ring (bicyclic) bond motifs is 2. The molecule has 7 nitrogen and oxygen atoms in total. The Morgan fingerprint density at radius 1 is 1.19 bits per heavy atom. The minimum absolute atomic E-state index is 0.188. The normalized spacial score (nSPS) is 32.1. The molecule has 120 valence electrons. The van der Waals surface area contributed by atoms with Crippen LogP contribution in [-0.4, -0.2) is 41.9 Å². The topological polar surface area (TPSA) is 118 Å². The van der Waals surface area contributed by atoms with E-state index in [1.165, 1.54) is 0 Å². The first-order valence-corrected chi connectivity index (χ1v) is 7.73. The van der Waals surface area contributed by atoms with Gasteiger partial charge in [-0.25, -0.2) is 0 Å². The maximum Gasteiger partial charge on any atom is 0.402 e. The van der Waals surface area contributed by atoms with Gasteiger partial charge in [0.05, 0.1) is 11.8 Å². The molecule has 0 aromatic heterocycles. The van der Waals surface area contributed by atoms with Gasteiger partial charge in [0.1, 0.15) is 0 Å². The molecule has 0 aromatic rings. The van der Waals surface area contributed by atoms with Gasteiger partial charge in [-0.15, -0.1) is 0 Å². The van der Waals surface area contributed by atoms with Crippen molar-refractivity contribution in [3.8, 4) is 0 Å². The van der Waals surface area contributed by atoms with E-state index in [1.54, 1.807) is 0 Å². The van der Waals surface area contributed by atoms with Crippen molar-refractivity contribution < 1.29 is 41.2 Å². The minimum Gasteiger partial charge on any atom is -0.481 e. The third-order valence-electron chi connectivity index (χ3n) is 4.23. The molecule has 0 heterocycles. The van der Waals surface area contributed by atoms with Crippen LogP contribution in [0, 0.1) is 23.7 Å². The van der Waals surface area contributed by atoms with Crippen molar-refractivity contribution in [1.29, 1.82) is 0 Å². The summed E-state index contributed by atoms with van der Waals surface area (Å²) in [4.78, 5) is 23.0. The van der Waals surface area contributed by atoms with Crippen molar-refractivity contribution in [1.82, 2.24) is 0 Å². The van der Waals surface area contributed by atoms with E-state index in [0.717, 1.165) is 0 Å². The van der Waals surface area contributed by atoms with Crippen LogP contribution in [0.3, 0.4) is 0 Å². The molecule has 4 atom stereocenters. The smallest absolute Gasteiger partial charge is 0.402 e. The number of aliphatic carboxylic acids is 1. The van der Waals surface area contributed by atoms with Gasteiger partial charge in [-0.2, -0.15) is 17.2 Å². The number of halogens is 2. The monoisotopic (exact) mass is 328 g/mol. The highest BCUT2D eigenvalue weighted by Gasteiger charge is 2.55. The largest absolute Gasteiger partial charge is 0.481 e. The third-order valence-corrected chi connectivity index (χ3v) is 5.11. The zero-order valence-corrected chi connectivity index (χ0v) is 11.6. The molecule has 10 heteroatoms. The van der Waals surface area contributed by atoms with E-state index in [9.17, 15) is 26.8 Å². The second-order valence-corrected chi connectivity index (χ2v) is 6.99. The number of esters is 1. The van der Waals surface area contributed by atoms with E-state index in [-0.39, 0.29) is 11.8 Å². The summed E-state index contributed by atoms with van der Waals surface area (Å²) in [5.41, 5.74) is 0. The Balaban J connectivity index is 2.05. The average Bonchev–Trinajstić information content (AvgIpc) is 2.94. The third kappa shape index (κ3) is 2.86. The lowest BCUT2D eigenvalue weighted by atomic mass is 9.79. The second kappa shape index (κ2) is 5.16. The van der Waals surface area contributed by atoms with Crippen LogP contribution in [0.5, 0.6) is 0 Å². The average molecular weight is 328 g/mol. The van der Waals surface area contributed by atoms with Gasteiger partial charge in [-0.05, 0) is 31.1 Å². The zero-order valence-electron chi connectivity index (χ0n) is 10.7. The van der Waals surface area contributed by atoms with Crippen molar-refractivity contribution in [2.75, 3.05) is 6.61 Å². The number of rotatable bonds is 5. The molecule has 0 spiro atoms. The molecule has 0 amide bonds. The molecule has 2 rings (SSSR count). The predicted molar refractivity (Wildman–Crippen MR) is 62.9 cm³/mol. The van der Waals surface area contributed by atoms with Crippen LogP contribution in [0.25, 0.3) is 0 Å². The molecule has 2 aliphatic carbocycles. The molecule has 0 saturated heterocycles. The van der Waals surface area contributed by atoms with Gasteiger partial charge < -0.3 is 9.84 Å². The molecule has 0 aliphatic heterocycles. The Labute approximate surface area is 119 Å². The maximum absolute atomic E-state index is 13.0. The van der Waals surface area contributed by atoms with Crippen LogP contribution in [0.4, 0.5) is 8.78 Å². The van der Waals surface area contributed by atoms with Gasteiger partial charge in [-0.1, -0.05) is 0 Å². The van der Waals surface area contributed by atoms with Crippen molar-refractivity contribution >= 4 is 22.1 Å². The van der Waals surface area contributed by atoms with E-state index in [4.69, 9.17) is 9.66 Å². The summed E-state index contributed by atoms with van der Waals surface area (Å²) in [5.74, 6) is -4.81. The summed E-state index contributed by atoms with van der Waals surface area (Å²) in [6.45, 7) is -1.83. The predicted octanol–water partition coefficient (Wildman–Crippen LogP) is 0.757. The molecule has 2 saturated carbocycles. The number of carboxylic acids is 1. The molecule has 4 unspecified atom stereocenters. The van der Waals surface area contributed by atoms with Crippen LogP contribution >= 0.6 is 0 Å². The molecule has 21 heavy (non-hydrogen) atoms. The Hall–Kier alpha value is -1.29. The number of ether oxygens (including phenoxy) is 1. The maximum atomic E-state index is 13.0. The second-order valence-electron chi connectivity index (χ2n) is 5.44. The Bertz CT molecular complexity index is 559. The van der Waals surface area contributed by atoms with E-state index in [0.29, 0.717) is 19.3 Å². The molecule has 2 aliphatic rings. The van der Waals surface area contributed by atoms with Crippen LogP contribution < -0.4 is 0 Å². The molecule has 0 radical (unpaired) electrons. The number of carbonyl (C=O) groups is 2. The fourth-order valence-electron chi connectivity index (χ4n) is 3.31. The van der Waals surface area contributed by atoms with Crippen LogP contribution in [0.1, 0.15) is 19.3 Å². The first-order valence-electron chi connectivity index (χ1n) is 6.29. The Morgan fingerprint density at radius 3 is 2.19 bits per heavy atom.